The first kappa shape index (κ1) is 14.0. The Kier molecular flexibility index (Phi) is 3.00. The van der Waals surface area contributed by atoms with Crippen molar-refractivity contribution in [1.29, 1.82) is 0 Å². The number of H-pyrrole nitrogens is 1. The molecule has 0 unspecified atom stereocenters. The van der Waals surface area contributed by atoms with E-state index in [2.05, 4.69) is 29.8 Å². The molecule has 1 N–H and O–H groups in total. The molecule has 4 aromatic rings. The molecular formula is C18H15N7. The number of hydrogen-bond acceptors (Lipinski definition) is 6. The smallest absolute Gasteiger partial charge is 0.182 e. The van der Waals surface area contributed by atoms with Gasteiger partial charge in [0.15, 0.2) is 22.8 Å². The van der Waals surface area contributed by atoms with Crippen molar-refractivity contribution in [2.75, 3.05) is 11.4 Å². The number of fused-ring (bicyclic) bond motifs is 2. The Bertz CT molecular complexity index is 1090. The lowest BCUT2D eigenvalue weighted by atomic mass is 10.2. The average molecular weight is 329 g/mol. The molecule has 0 bridgehead atoms. The van der Waals surface area contributed by atoms with Crippen molar-refractivity contribution in [3.63, 3.8) is 0 Å². The summed E-state index contributed by atoms with van der Waals surface area (Å²) in [6.45, 7) is 2.81. The van der Waals surface area contributed by atoms with Crippen LogP contribution in [0.1, 0.15) is 11.3 Å². The second kappa shape index (κ2) is 5.34. The molecule has 0 aliphatic carbocycles. The molecule has 1 aliphatic heterocycles. The number of anilines is 2. The van der Waals surface area contributed by atoms with E-state index in [1.807, 2.05) is 43.6 Å². The third-order valence-corrected chi connectivity index (χ3v) is 4.41. The molecule has 0 saturated heterocycles. The minimum Gasteiger partial charge on any atom is -0.329 e. The van der Waals surface area contributed by atoms with Crippen molar-refractivity contribution in [3.8, 4) is 11.5 Å². The lowest BCUT2D eigenvalue weighted by Crippen LogP contribution is -2.16. The first-order valence-corrected chi connectivity index (χ1v) is 8.15. The molecule has 0 aromatic carbocycles. The van der Waals surface area contributed by atoms with Crippen LogP contribution in [0.4, 0.5) is 11.5 Å². The quantitative estimate of drug-likeness (QED) is 0.609. The number of hydrogen-bond donors (Lipinski definition) is 1. The van der Waals surface area contributed by atoms with Crippen molar-refractivity contribution in [3.05, 3.63) is 54.2 Å². The summed E-state index contributed by atoms with van der Waals surface area (Å²) in [6.07, 6.45) is 6.32. The molecule has 25 heavy (non-hydrogen) atoms. The van der Waals surface area contributed by atoms with Gasteiger partial charge in [0.25, 0.3) is 0 Å². The van der Waals surface area contributed by atoms with Gasteiger partial charge >= 0.3 is 0 Å². The molecule has 0 radical (unpaired) electrons. The van der Waals surface area contributed by atoms with Crippen LogP contribution in [0.5, 0.6) is 0 Å². The van der Waals surface area contributed by atoms with E-state index in [0.717, 1.165) is 41.4 Å². The Morgan fingerprint density at radius 2 is 2.08 bits per heavy atom. The lowest BCUT2D eigenvalue weighted by Gasteiger charge is -2.19. The fraction of sp³-hybridized carbons (Fsp3) is 0.167. The number of nitrogens with one attached hydrogen (secondary N) is 1. The van der Waals surface area contributed by atoms with Crippen LogP contribution in [0.3, 0.4) is 0 Å². The number of nitrogens with zero attached hydrogens (tertiary/aromatic N) is 6. The summed E-state index contributed by atoms with van der Waals surface area (Å²) in [7, 11) is 0. The van der Waals surface area contributed by atoms with Crippen LogP contribution in [0, 0.1) is 6.92 Å². The first-order chi connectivity index (χ1) is 12.3. The van der Waals surface area contributed by atoms with Crippen molar-refractivity contribution in [2.45, 2.75) is 13.3 Å². The average Bonchev–Trinajstić information content (AvgIpc) is 3.27. The molecule has 5 heterocycles. The van der Waals surface area contributed by atoms with Crippen LogP contribution in [-0.2, 0) is 6.42 Å². The number of aromatic nitrogens is 6. The highest BCUT2D eigenvalue weighted by atomic mass is 15.2. The summed E-state index contributed by atoms with van der Waals surface area (Å²) in [5.74, 6) is 1.40. The van der Waals surface area contributed by atoms with E-state index in [4.69, 9.17) is 4.98 Å². The van der Waals surface area contributed by atoms with Gasteiger partial charge in [0.05, 0.1) is 6.33 Å². The number of aromatic amines is 1. The van der Waals surface area contributed by atoms with Gasteiger partial charge in [0.2, 0.25) is 0 Å². The Morgan fingerprint density at radius 3 is 3.00 bits per heavy atom. The summed E-state index contributed by atoms with van der Waals surface area (Å²) in [5.41, 5.74) is 5.52. The zero-order valence-corrected chi connectivity index (χ0v) is 13.6. The Morgan fingerprint density at radius 1 is 1.12 bits per heavy atom. The molecule has 0 fully saturated rings. The van der Waals surface area contributed by atoms with Crippen LogP contribution in [0.2, 0.25) is 0 Å². The number of rotatable bonds is 2. The highest BCUT2D eigenvalue weighted by Gasteiger charge is 2.25. The van der Waals surface area contributed by atoms with E-state index in [-0.39, 0.29) is 0 Å². The molecule has 122 valence electrons. The van der Waals surface area contributed by atoms with E-state index in [1.165, 1.54) is 5.56 Å². The second-order valence-corrected chi connectivity index (χ2v) is 6.04. The van der Waals surface area contributed by atoms with Crippen LogP contribution in [0.15, 0.2) is 43.0 Å². The van der Waals surface area contributed by atoms with E-state index < -0.39 is 0 Å². The molecule has 7 nitrogen and oxygen atoms in total. The van der Waals surface area contributed by atoms with Gasteiger partial charge in [-0.15, -0.1) is 0 Å². The molecule has 5 rings (SSSR count). The molecule has 7 heteroatoms. The molecule has 1 aliphatic rings. The molecule has 0 saturated carbocycles. The minimum absolute atomic E-state index is 0.595. The fourth-order valence-electron chi connectivity index (χ4n) is 3.24. The monoisotopic (exact) mass is 329 g/mol. The summed E-state index contributed by atoms with van der Waals surface area (Å²) in [4.78, 5) is 27.9. The van der Waals surface area contributed by atoms with Crippen molar-refractivity contribution >= 4 is 22.7 Å². The fourth-order valence-corrected chi connectivity index (χ4v) is 3.24. The van der Waals surface area contributed by atoms with Crippen LogP contribution >= 0.6 is 0 Å². The predicted octanol–water partition coefficient (Wildman–Crippen LogP) is 2.81. The normalized spacial score (nSPS) is 13.4. The third kappa shape index (κ3) is 2.24. The van der Waals surface area contributed by atoms with Gasteiger partial charge in [0, 0.05) is 30.3 Å². The van der Waals surface area contributed by atoms with Gasteiger partial charge in [-0.3, -0.25) is 4.98 Å². The number of pyridine rings is 2. The summed E-state index contributed by atoms with van der Waals surface area (Å²) in [5, 5.41) is 0. The summed E-state index contributed by atoms with van der Waals surface area (Å²) < 4.78 is 0. The standard InChI is InChI=1S/C18H15N7/c1-11-3-2-4-13(22-11)16-23-17-15(20-10-21-17)18(24-16)25-8-6-12-9-19-7-5-14(12)25/h2-5,7,9-10H,6,8H2,1H3,(H,20,21,23,24). The van der Waals surface area contributed by atoms with Gasteiger partial charge < -0.3 is 9.88 Å². The van der Waals surface area contributed by atoms with Gasteiger partial charge in [-0.25, -0.2) is 19.9 Å². The molecule has 0 atom stereocenters. The summed E-state index contributed by atoms with van der Waals surface area (Å²) in [6, 6.07) is 7.88. The van der Waals surface area contributed by atoms with E-state index in [9.17, 15) is 0 Å². The van der Waals surface area contributed by atoms with Gasteiger partial charge in [-0.1, -0.05) is 6.07 Å². The maximum Gasteiger partial charge on any atom is 0.182 e. The van der Waals surface area contributed by atoms with Gasteiger partial charge in [0.1, 0.15) is 5.69 Å². The van der Waals surface area contributed by atoms with E-state index in [0.29, 0.717) is 11.5 Å². The van der Waals surface area contributed by atoms with E-state index >= 15 is 0 Å². The SMILES string of the molecule is Cc1cccc(-c2nc(N3CCc4cnccc43)c3nc[nH]c3n2)n1. The number of imidazole rings is 1. The largest absolute Gasteiger partial charge is 0.329 e. The molecule has 0 amide bonds. The zero-order valence-electron chi connectivity index (χ0n) is 13.6. The van der Waals surface area contributed by atoms with Gasteiger partial charge in [-0.2, -0.15) is 0 Å². The van der Waals surface area contributed by atoms with Gasteiger partial charge in [-0.05, 0) is 37.1 Å². The van der Waals surface area contributed by atoms with Crippen LogP contribution in [-0.4, -0.2) is 36.4 Å². The lowest BCUT2D eigenvalue weighted by molar-refractivity contribution is 0.971. The third-order valence-electron chi connectivity index (χ3n) is 4.41. The molecule has 4 aromatic heterocycles. The van der Waals surface area contributed by atoms with Crippen LogP contribution < -0.4 is 4.90 Å². The first-order valence-electron chi connectivity index (χ1n) is 8.15. The summed E-state index contributed by atoms with van der Waals surface area (Å²) >= 11 is 0. The second-order valence-electron chi connectivity index (χ2n) is 6.04. The molecule has 0 spiro atoms. The van der Waals surface area contributed by atoms with Crippen molar-refractivity contribution in [2.24, 2.45) is 0 Å². The maximum atomic E-state index is 4.81. The Labute approximate surface area is 143 Å². The van der Waals surface area contributed by atoms with Crippen molar-refractivity contribution < 1.29 is 0 Å². The molecular weight excluding hydrogens is 314 g/mol. The Balaban J connectivity index is 1.72. The highest BCUT2D eigenvalue weighted by molar-refractivity contribution is 5.88. The minimum atomic E-state index is 0.595. The topological polar surface area (TPSA) is 83.5 Å². The number of aryl methyl sites for hydroxylation is 1. The maximum absolute atomic E-state index is 4.81. The van der Waals surface area contributed by atoms with Crippen molar-refractivity contribution in [1.82, 2.24) is 29.9 Å². The van der Waals surface area contributed by atoms with E-state index in [1.54, 1.807) is 6.33 Å². The Hall–Kier alpha value is -3.35. The zero-order chi connectivity index (χ0) is 16.8. The predicted molar refractivity (Wildman–Crippen MR) is 94.6 cm³/mol. The highest BCUT2D eigenvalue weighted by Crippen LogP contribution is 2.36. The van der Waals surface area contributed by atoms with Crippen LogP contribution in [0.25, 0.3) is 22.7 Å².